The third kappa shape index (κ3) is 5.82. The molecule has 39 heavy (non-hydrogen) atoms. The number of hydrogen-bond donors (Lipinski definition) is 1. The van der Waals surface area contributed by atoms with Gasteiger partial charge in [-0.2, -0.15) is 0 Å². The average Bonchev–Trinajstić information content (AvgIpc) is 3.37. The van der Waals surface area contributed by atoms with Gasteiger partial charge in [0.2, 0.25) is 5.91 Å². The maximum atomic E-state index is 14.2. The number of nitrogens with zero attached hydrogens (tertiary/aromatic N) is 5. The lowest BCUT2D eigenvalue weighted by Crippen LogP contribution is -2.57. The van der Waals surface area contributed by atoms with Gasteiger partial charge in [-0.05, 0) is 31.2 Å². The molecule has 1 N–H and O–H groups in total. The molecule has 1 aromatic heterocycles. The minimum absolute atomic E-state index is 0.0424. The van der Waals surface area contributed by atoms with Gasteiger partial charge in [0.05, 0.1) is 18.1 Å². The maximum absolute atomic E-state index is 14.2. The molecular weight excluding hydrogens is 494 g/mol. The van der Waals surface area contributed by atoms with Crippen LogP contribution in [0.2, 0.25) is 0 Å². The number of piperazine rings is 1. The molecule has 204 valence electrons. The molecular formula is C30H35N5O4. The van der Waals surface area contributed by atoms with Crippen molar-refractivity contribution in [3.63, 3.8) is 0 Å². The fraction of sp³-hybridized carbons (Fsp3) is 0.400. The van der Waals surface area contributed by atoms with E-state index < -0.39 is 6.09 Å². The number of carboxylic acid groups (broad SMARTS) is 1. The number of likely N-dealkylation sites (tertiary alicyclic amines) is 1. The van der Waals surface area contributed by atoms with Gasteiger partial charge in [0.15, 0.2) is 5.69 Å². The molecule has 2 saturated heterocycles. The van der Waals surface area contributed by atoms with Crippen molar-refractivity contribution >= 4 is 17.9 Å². The zero-order valence-electron chi connectivity index (χ0n) is 22.3. The van der Waals surface area contributed by atoms with Gasteiger partial charge in [0.1, 0.15) is 0 Å². The Morgan fingerprint density at radius 2 is 1.62 bits per heavy atom. The molecule has 0 saturated carbocycles. The Balaban J connectivity index is 1.48. The third-order valence-electron chi connectivity index (χ3n) is 7.85. The number of rotatable bonds is 6. The molecule has 0 radical (unpaired) electrons. The van der Waals surface area contributed by atoms with Crippen molar-refractivity contribution in [2.24, 2.45) is 0 Å². The lowest BCUT2D eigenvalue weighted by atomic mass is 10.0. The Bertz CT molecular complexity index is 1310. The van der Waals surface area contributed by atoms with Gasteiger partial charge in [0.25, 0.3) is 5.91 Å². The number of hydrogen-bond acceptors (Lipinski definition) is 4. The highest BCUT2D eigenvalue weighted by molar-refractivity contribution is 5.98. The first-order valence-corrected chi connectivity index (χ1v) is 13.6. The summed E-state index contributed by atoms with van der Waals surface area (Å²) in [5.41, 5.74) is 3.01. The van der Waals surface area contributed by atoms with Crippen LogP contribution in [0.3, 0.4) is 0 Å². The second-order valence-corrected chi connectivity index (χ2v) is 10.4. The third-order valence-corrected chi connectivity index (χ3v) is 7.85. The number of piperidine rings is 1. The van der Waals surface area contributed by atoms with Gasteiger partial charge in [-0.1, -0.05) is 60.7 Å². The van der Waals surface area contributed by atoms with Gasteiger partial charge in [-0.15, -0.1) is 0 Å². The summed E-state index contributed by atoms with van der Waals surface area (Å²) in [6.07, 6.45) is 4.25. The van der Waals surface area contributed by atoms with E-state index in [-0.39, 0.29) is 37.0 Å². The number of carbonyl (C=O) groups excluding carboxylic acids is 2. The summed E-state index contributed by atoms with van der Waals surface area (Å²) < 4.78 is 2.01. The molecule has 2 aromatic carbocycles. The molecule has 2 fully saturated rings. The SMILES string of the molecule is CC(=O)N1CCCCC1Cn1cnc(C(=O)N2CCN(C(=O)O)C[C@H]2Cc2ccccc2)c1-c1ccccc1. The van der Waals surface area contributed by atoms with E-state index in [1.54, 1.807) is 18.2 Å². The van der Waals surface area contributed by atoms with Crippen LogP contribution >= 0.6 is 0 Å². The summed E-state index contributed by atoms with van der Waals surface area (Å²) in [7, 11) is 0. The molecule has 2 aliphatic rings. The topological polar surface area (TPSA) is 99.0 Å². The van der Waals surface area contributed by atoms with E-state index in [1.807, 2.05) is 70.1 Å². The van der Waals surface area contributed by atoms with E-state index in [0.29, 0.717) is 25.2 Å². The van der Waals surface area contributed by atoms with Gasteiger partial charge in [-0.25, -0.2) is 9.78 Å². The van der Waals surface area contributed by atoms with Gasteiger partial charge < -0.3 is 24.4 Å². The monoisotopic (exact) mass is 529 g/mol. The lowest BCUT2D eigenvalue weighted by molar-refractivity contribution is -0.132. The van der Waals surface area contributed by atoms with Crippen LogP contribution in [0.15, 0.2) is 67.0 Å². The maximum Gasteiger partial charge on any atom is 0.407 e. The number of carbonyl (C=O) groups is 3. The van der Waals surface area contributed by atoms with Crippen LogP contribution in [0.1, 0.15) is 42.2 Å². The largest absolute Gasteiger partial charge is 0.465 e. The van der Waals surface area contributed by atoms with Crippen molar-refractivity contribution in [1.82, 2.24) is 24.3 Å². The highest BCUT2D eigenvalue weighted by Gasteiger charge is 2.36. The minimum atomic E-state index is -0.975. The highest BCUT2D eigenvalue weighted by Crippen LogP contribution is 2.29. The van der Waals surface area contributed by atoms with Crippen molar-refractivity contribution in [3.8, 4) is 11.3 Å². The van der Waals surface area contributed by atoms with E-state index in [2.05, 4.69) is 4.98 Å². The van der Waals surface area contributed by atoms with Crippen molar-refractivity contribution < 1.29 is 19.5 Å². The molecule has 9 nitrogen and oxygen atoms in total. The van der Waals surface area contributed by atoms with Crippen LogP contribution in [-0.2, 0) is 17.8 Å². The molecule has 3 heterocycles. The van der Waals surface area contributed by atoms with Crippen LogP contribution in [0.5, 0.6) is 0 Å². The highest BCUT2D eigenvalue weighted by atomic mass is 16.4. The van der Waals surface area contributed by atoms with E-state index in [4.69, 9.17) is 0 Å². The number of amides is 3. The summed E-state index contributed by atoms with van der Waals surface area (Å²) >= 11 is 0. The lowest BCUT2D eigenvalue weighted by Gasteiger charge is -2.40. The van der Waals surface area contributed by atoms with Gasteiger partial charge >= 0.3 is 6.09 Å². The van der Waals surface area contributed by atoms with Crippen LogP contribution in [0, 0.1) is 0 Å². The Kier molecular flexibility index (Phi) is 7.95. The van der Waals surface area contributed by atoms with Gasteiger partial charge in [0, 0.05) is 51.3 Å². The van der Waals surface area contributed by atoms with Crippen molar-refractivity contribution in [2.45, 2.75) is 51.2 Å². The van der Waals surface area contributed by atoms with E-state index in [9.17, 15) is 19.5 Å². The fourth-order valence-electron chi connectivity index (χ4n) is 5.90. The average molecular weight is 530 g/mol. The number of benzene rings is 2. The van der Waals surface area contributed by atoms with Crippen molar-refractivity contribution in [2.75, 3.05) is 26.2 Å². The summed E-state index contributed by atoms with van der Waals surface area (Å²) in [5, 5.41) is 9.66. The van der Waals surface area contributed by atoms with Crippen LogP contribution in [-0.4, -0.2) is 85.5 Å². The Labute approximate surface area is 228 Å². The predicted molar refractivity (Wildman–Crippen MR) is 147 cm³/mol. The molecule has 2 atom stereocenters. The first kappa shape index (κ1) is 26.5. The van der Waals surface area contributed by atoms with Crippen molar-refractivity contribution in [3.05, 3.63) is 78.2 Å². The van der Waals surface area contributed by atoms with Crippen molar-refractivity contribution in [1.29, 1.82) is 0 Å². The second-order valence-electron chi connectivity index (χ2n) is 10.4. The predicted octanol–water partition coefficient (Wildman–Crippen LogP) is 4.00. The summed E-state index contributed by atoms with van der Waals surface area (Å²) in [6.45, 7) is 3.71. The van der Waals surface area contributed by atoms with Gasteiger partial charge in [-0.3, -0.25) is 9.59 Å². The first-order valence-electron chi connectivity index (χ1n) is 13.6. The van der Waals surface area contributed by atoms with Crippen LogP contribution in [0.4, 0.5) is 4.79 Å². The minimum Gasteiger partial charge on any atom is -0.465 e. The Morgan fingerprint density at radius 1 is 0.897 bits per heavy atom. The Hall–Kier alpha value is -4.14. The standard InChI is InChI=1S/C30H35N5O4/c1-22(36)34-15-9-8-14-25(34)19-33-21-31-27(28(33)24-12-6-3-7-13-24)29(37)35-17-16-32(30(38)39)20-26(35)18-23-10-4-2-5-11-23/h2-7,10-13,21,25-26H,8-9,14-20H2,1H3,(H,38,39)/t25?,26-/m1/s1. The molecule has 2 aliphatic heterocycles. The molecule has 0 aliphatic carbocycles. The zero-order chi connectivity index (χ0) is 27.4. The molecule has 3 amide bonds. The van der Waals surface area contributed by atoms with Crippen LogP contribution < -0.4 is 0 Å². The number of aromatic nitrogens is 2. The first-order chi connectivity index (χ1) is 18.9. The molecule has 3 aromatic rings. The molecule has 5 rings (SSSR count). The number of imidazole rings is 1. The summed E-state index contributed by atoms with van der Waals surface area (Å²) in [6, 6.07) is 19.3. The molecule has 1 unspecified atom stereocenters. The van der Waals surface area contributed by atoms with E-state index >= 15 is 0 Å². The van der Waals surface area contributed by atoms with E-state index in [0.717, 1.165) is 42.6 Å². The molecule has 9 heteroatoms. The second kappa shape index (κ2) is 11.7. The Morgan fingerprint density at radius 3 is 2.31 bits per heavy atom. The molecule has 0 bridgehead atoms. The van der Waals surface area contributed by atoms with E-state index in [1.165, 1.54) is 4.90 Å². The van der Waals surface area contributed by atoms with Crippen LogP contribution in [0.25, 0.3) is 11.3 Å². The summed E-state index contributed by atoms with van der Waals surface area (Å²) in [5.74, 6) is -0.136. The quantitative estimate of drug-likeness (QED) is 0.521. The molecule has 0 spiro atoms. The normalized spacial score (nSPS) is 19.7. The zero-order valence-corrected chi connectivity index (χ0v) is 22.3. The smallest absolute Gasteiger partial charge is 0.407 e. The fourth-order valence-corrected chi connectivity index (χ4v) is 5.90. The summed E-state index contributed by atoms with van der Waals surface area (Å²) in [4.78, 5) is 48.0.